The third-order valence-electron chi connectivity index (χ3n) is 9.06. The van der Waals surface area contributed by atoms with E-state index in [2.05, 4.69) is 39.2 Å². The topological polar surface area (TPSA) is 77.5 Å². The Morgan fingerprint density at radius 1 is 0.929 bits per heavy atom. The summed E-state index contributed by atoms with van der Waals surface area (Å²) in [5, 5.41) is 4.16. The number of rotatable bonds is 8. The second-order valence-electron chi connectivity index (χ2n) is 12.2. The summed E-state index contributed by atoms with van der Waals surface area (Å²) >= 11 is 12.7. The van der Waals surface area contributed by atoms with E-state index in [1.54, 1.807) is 13.0 Å². The summed E-state index contributed by atoms with van der Waals surface area (Å²) in [6.07, 6.45) is 9.21. The van der Waals surface area contributed by atoms with E-state index in [1.807, 2.05) is 24.5 Å². The van der Waals surface area contributed by atoms with Gasteiger partial charge in [0, 0.05) is 85.3 Å². The van der Waals surface area contributed by atoms with Crippen LogP contribution in [0.3, 0.4) is 0 Å². The number of fused-ring (bicyclic) bond motifs is 2. The third-order valence-corrected chi connectivity index (χ3v) is 9.49. The lowest BCUT2D eigenvalue weighted by Crippen LogP contribution is -2.52. The van der Waals surface area contributed by atoms with Gasteiger partial charge in [-0.2, -0.15) is 0 Å². The number of carbonyl (C=O) groups is 1. The van der Waals surface area contributed by atoms with Gasteiger partial charge in [0.1, 0.15) is 0 Å². The van der Waals surface area contributed by atoms with Gasteiger partial charge in [-0.25, -0.2) is 9.97 Å². The lowest BCUT2D eigenvalue weighted by molar-refractivity contribution is -0.119. The highest BCUT2D eigenvalue weighted by Crippen LogP contribution is 2.31. The number of hydrogen-bond donors (Lipinski definition) is 1. The number of aromatic nitrogens is 3. The van der Waals surface area contributed by atoms with E-state index in [4.69, 9.17) is 38.2 Å². The Kier molecular flexibility index (Phi) is 8.96. The van der Waals surface area contributed by atoms with Crippen molar-refractivity contribution in [1.82, 2.24) is 30.1 Å². The van der Waals surface area contributed by atoms with E-state index in [9.17, 15) is 4.79 Å². The summed E-state index contributed by atoms with van der Waals surface area (Å²) < 4.78 is 0. The molecule has 1 amide bonds. The number of nitrogens with one attached hydrogen (secondary N) is 1. The summed E-state index contributed by atoms with van der Waals surface area (Å²) in [4.78, 5) is 33.2. The molecule has 2 unspecified atom stereocenters. The van der Waals surface area contributed by atoms with Gasteiger partial charge >= 0.3 is 0 Å². The summed E-state index contributed by atoms with van der Waals surface area (Å²) in [6.45, 7) is 7.17. The van der Waals surface area contributed by atoms with Gasteiger partial charge in [0.05, 0.1) is 5.69 Å². The maximum atomic E-state index is 11.3. The molecule has 0 aliphatic carbocycles. The Morgan fingerprint density at radius 2 is 1.60 bits per heavy atom. The van der Waals surface area contributed by atoms with Gasteiger partial charge in [0.25, 0.3) is 0 Å². The minimum atomic E-state index is 0.0432. The van der Waals surface area contributed by atoms with Crippen LogP contribution in [0, 0.1) is 5.92 Å². The molecule has 3 aliphatic rings. The van der Waals surface area contributed by atoms with Gasteiger partial charge in [0.15, 0.2) is 0 Å². The van der Waals surface area contributed by atoms with Crippen LogP contribution < -0.4 is 10.2 Å². The molecule has 42 heavy (non-hydrogen) atoms. The van der Waals surface area contributed by atoms with Crippen LogP contribution in [0.5, 0.6) is 0 Å². The first kappa shape index (κ1) is 29.3. The summed E-state index contributed by atoms with van der Waals surface area (Å²) in [5.74, 6) is 1.40. The molecule has 6 rings (SSSR count). The fraction of sp³-hybridized carbons (Fsp3) is 0.500. The second kappa shape index (κ2) is 12.8. The summed E-state index contributed by atoms with van der Waals surface area (Å²) in [6, 6.07) is 11.1. The first-order valence-corrected chi connectivity index (χ1v) is 15.8. The van der Waals surface area contributed by atoms with Crippen LogP contribution in [0.25, 0.3) is 11.3 Å². The summed E-state index contributed by atoms with van der Waals surface area (Å²) in [7, 11) is 2.24. The third kappa shape index (κ3) is 7.05. The number of benzene rings is 1. The molecule has 3 aromatic rings. The van der Waals surface area contributed by atoms with Gasteiger partial charge < -0.3 is 10.2 Å². The van der Waals surface area contributed by atoms with Crippen LogP contribution in [0.1, 0.15) is 49.4 Å². The fourth-order valence-electron chi connectivity index (χ4n) is 6.67. The van der Waals surface area contributed by atoms with Crippen molar-refractivity contribution in [3.8, 4) is 11.3 Å². The number of carbonyl (C=O) groups excluding carboxylic acids is 1. The van der Waals surface area contributed by atoms with E-state index >= 15 is 0 Å². The first-order valence-electron chi connectivity index (χ1n) is 15.0. The number of halogens is 2. The molecule has 2 bridgehead atoms. The highest BCUT2D eigenvalue weighted by Gasteiger charge is 2.38. The van der Waals surface area contributed by atoms with Crippen molar-refractivity contribution in [2.45, 2.75) is 57.7 Å². The maximum absolute atomic E-state index is 11.3. The zero-order valence-electron chi connectivity index (χ0n) is 24.4. The molecule has 0 spiro atoms. The molecule has 1 N–H and O–H groups in total. The van der Waals surface area contributed by atoms with Crippen molar-refractivity contribution in [1.29, 1.82) is 0 Å². The molecule has 10 heteroatoms. The number of nitrogens with zero attached hydrogens (tertiary/aromatic N) is 6. The van der Waals surface area contributed by atoms with E-state index in [-0.39, 0.29) is 5.91 Å². The maximum Gasteiger partial charge on any atom is 0.225 e. The molecule has 8 nitrogen and oxygen atoms in total. The van der Waals surface area contributed by atoms with Crippen molar-refractivity contribution in [3.63, 3.8) is 0 Å². The number of piperazine rings is 1. The minimum Gasteiger partial charge on any atom is -0.356 e. The van der Waals surface area contributed by atoms with Gasteiger partial charge in [-0.1, -0.05) is 23.2 Å². The van der Waals surface area contributed by atoms with E-state index in [1.165, 1.54) is 18.4 Å². The monoisotopic (exact) mass is 607 g/mol. The molecular formula is C32H39Cl2N7O. The molecule has 0 radical (unpaired) electrons. The number of anilines is 1. The van der Waals surface area contributed by atoms with Gasteiger partial charge in [-0.15, -0.1) is 0 Å². The molecule has 2 atom stereocenters. The van der Waals surface area contributed by atoms with E-state index < -0.39 is 0 Å². The molecule has 5 heterocycles. The largest absolute Gasteiger partial charge is 0.356 e. The van der Waals surface area contributed by atoms with Crippen molar-refractivity contribution in [2.24, 2.45) is 5.92 Å². The van der Waals surface area contributed by atoms with Crippen LogP contribution in [0.2, 0.25) is 10.0 Å². The standard InChI is InChI=1S/C32H39Cl2N7O/c1-21(42)35-15-22-5-7-40(8-6-22)18-23-9-28(38-31(11-23)25-12-26(33)14-27(34)13-25)10-24-16-36-32(37-17-24)41-19-29-3-4-30(20-41)39(29)2/h9,11-14,16-17,22,29-30H,3-8,10,15,18-20H2,1-2H3,(H,35,42). The van der Waals surface area contributed by atoms with Crippen LogP contribution in [-0.4, -0.2) is 82.5 Å². The summed E-state index contributed by atoms with van der Waals surface area (Å²) in [5.41, 5.74) is 4.97. The molecule has 222 valence electrons. The zero-order valence-corrected chi connectivity index (χ0v) is 25.9. The normalized spacial score (nSPS) is 21.6. The minimum absolute atomic E-state index is 0.0432. The smallest absolute Gasteiger partial charge is 0.225 e. The lowest BCUT2D eigenvalue weighted by atomic mass is 9.96. The van der Waals surface area contributed by atoms with Crippen molar-refractivity contribution < 1.29 is 4.79 Å². The van der Waals surface area contributed by atoms with E-state index in [0.717, 1.165) is 80.6 Å². The Balaban J connectivity index is 1.18. The lowest BCUT2D eigenvalue weighted by Gasteiger charge is -2.38. The predicted molar refractivity (Wildman–Crippen MR) is 168 cm³/mol. The molecule has 3 aliphatic heterocycles. The molecule has 3 saturated heterocycles. The average molecular weight is 609 g/mol. The molecule has 1 aromatic carbocycles. The number of pyridine rings is 1. The van der Waals surface area contributed by atoms with Crippen LogP contribution in [0.4, 0.5) is 5.95 Å². The van der Waals surface area contributed by atoms with Crippen LogP contribution in [0.15, 0.2) is 42.7 Å². The van der Waals surface area contributed by atoms with Crippen LogP contribution >= 0.6 is 23.2 Å². The number of likely N-dealkylation sites (N-methyl/N-ethyl adjacent to an activating group) is 1. The highest BCUT2D eigenvalue weighted by atomic mass is 35.5. The highest BCUT2D eigenvalue weighted by molar-refractivity contribution is 6.35. The quantitative estimate of drug-likeness (QED) is 0.383. The van der Waals surface area contributed by atoms with Crippen molar-refractivity contribution >= 4 is 35.1 Å². The molecular weight excluding hydrogens is 569 g/mol. The number of likely N-dealkylation sites (tertiary alicyclic amines) is 1. The Bertz CT molecular complexity index is 1380. The Labute approximate surface area is 258 Å². The van der Waals surface area contributed by atoms with E-state index in [0.29, 0.717) is 34.5 Å². The molecule has 3 fully saturated rings. The second-order valence-corrected chi connectivity index (χ2v) is 13.1. The van der Waals surface area contributed by atoms with Crippen LogP contribution in [-0.2, 0) is 17.8 Å². The SMILES string of the molecule is CC(=O)NCC1CCN(Cc2cc(Cc3cnc(N4CC5CCC(C4)N5C)nc3)nc(-c3cc(Cl)cc(Cl)c3)c2)CC1. The number of piperidine rings is 1. The first-order chi connectivity index (χ1) is 20.3. The van der Waals surface area contributed by atoms with Gasteiger partial charge in [-0.3, -0.25) is 19.6 Å². The molecule has 0 saturated carbocycles. The van der Waals surface area contributed by atoms with Crippen molar-refractivity contribution in [2.75, 3.05) is 44.7 Å². The fourth-order valence-corrected chi connectivity index (χ4v) is 7.19. The zero-order chi connectivity index (χ0) is 29.2. The Morgan fingerprint density at radius 3 is 2.24 bits per heavy atom. The molecule has 2 aromatic heterocycles. The van der Waals surface area contributed by atoms with Gasteiger partial charge in [-0.05, 0) is 93.2 Å². The average Bonchev–Trinajstić information content (AvgIpc) is 3.15. The number of amides is 1. The van der Waals surface area contributed by atoms with Gasteiger partial charge in [0.2, 0.25) is 11.9 Å². The van der Waals surface area contributed by atoms with Crippen molar-refractivity contribution in [3.05, 3.63) is 69.6 Å². The number of hydrogen-bond acceptors (Lipinski definition) is 7. The predicted octanol–water partition coefficient (Wildman–Crippen LogP) is 5.07. The Hall–Kier alpha value is -2.78.